The number of nitrogens with zero attached hydrogens (tertiary/aromatic N) is 4. The molecule has 1 unspecified atom stereocenters. The minimum Gasteiger partial charge on any atom is -0.465 e. The van der Waals surface area contributed by atoms with Gasteiger partial charge in [0.15, 0.2) is 0 Å². The van der Waals surface area contributed by atoms with Crippen molar-refractivity contribution in [3.05, 3.63) is 58.5 Å². The van der Waals surface area contributed by atoms with E-state index in [4.69, 9.17) is 39.0 Å². The smallest absolute Gasteiger partial charge is 0.429 e. The van der Waals surface area contributed by atoms with Gasteiger partial charge in [0.1, 0.15) is 6.04 Å². The highest BCUT2D eigenvalue weighted by Gasteiger charge is 2.45. The number of aromatic nitrogens is 4. The van der Waals surface area contributed by atoms with Crippen LogP contribution in [-0.4, -0.2) is 44.5 Å². The standard InChI is InChI=1S/C28H32ClF3N6O3/c1-4-7-18(14-22(33)26(39)40-5-2)8-6-9-20-16-24(36-27(34)35-20)41-25(28(30,31)32)21-11-10-19(29)15-23(21)38-13-12-17(3)37-38/h1,10-13,15-16,18,22,25H,5-9,14,33H2,2-3H3,(H2,34,35,36)/t18?,22-,25+/m0/s1. The number of aryl methyl sites for hydroxylation is 2. The predicted molar refractivity (Wildman–Crippen MR) is 148 cm³/mol. The quantitative estimate of drug-likeness (QED) is 0.206. The minimum atomic E-state index is -4.81. The second-order valence-corrected chi connectivity index (χ2v) is 9.90. The molecule has 0 saturated heterocycles. The second kappa shape index (κ2) is 14.2. The van der Waals surface area contributed by atoms with Crippen LogP contribution in [0.25, 0.3) is 5.69 Å². The van der Waals surface area contributed by atoms with Gasteiger partial charge < -0.3 is 20.9 Å². The Hall–Kier alpha value is -3.82. The molecule has 9 nitrogen and oxygen atoms in total. The molecule has 0 amide bonds. The Morgan fingerprint density at radius 3 is 2.63 bits per heavy atom. The summed E-state index contributed by atoms with van der Waals surface area (Å²) in [7, 11) is 0. The van der Waals surface area contributed by atoms with Crippen molar-refractivity contribution in [2.75, 3.05) is 12.3 Å². The van der Waals surface area contributed by atoms with E-state index < -0.39 is 24.3 Å². The number of alkyl halides is 3. The highest BCUT2D eigenvalue weighted by Crippen LogP contribution is 2.40. The van der Waals surface area contributed by atoms with Crippen molar-refractivity contribution in [1.82, 2.24) is 19.7 Å². The first kappa shape index (κ1) is 31.7. The third-order valence-corrected chi connectivity index (χ3v) is 6.42. The Morgan fingerprint density at radius 2 is 2.00 bits per heavy atom. The number of ether oxygens (including phenoxy) is 2. The Labute approximate surface area is 241 Å². The summed E-state index contributed by atoms with van der Waals surface area (Å²) in [5.41, 5.74) is 12.7. The average Bonchev–Trinajstić information content (AvgIpc) is 3.33. The fourth-order valence-corrected chi connectivity index (χ4v) is 4.51. The third kappa shape index (κ3) is 9.09. The molecule has 0 saturated carbocycles. The van der Waals surface area contributed by atoms with E-state index in [1.165, 1.54) is 35.1 Å². The van der Waals surface area contributed by atoms with Gasteiger partial charge in [-0.05, 0) is 63.6 Å². The number of anilines is 1. The topological polar surface area (TPSA) is 131 Å². The van der Waals surface area contributed by atoms with E-state index in [0.717, 1.165) is 0 Å². The van der Waals surface area contributed by atoms with E-state index in [9.17, 15) is 18.0 Å². The zero-order valence-electron chi connectivity index (χ0n) is 22.7. The summed E-state index contributed by atoms with van der Waals surface area (Å²) in [5, 5.41) is 4.46. The largest absolute Gasteiger partial charge is 0.465 e. The van der Waals surface area contributed by atoms with Crippen LogP contribution in [0.5, 0.6) is 5.88 Å². The van der Waals surface area contributed by atoms with Crippen molar-refractivity contribution in [3.8, 4) is 23.9 Å². The summed E-state index contributed by atoms with van der Waals surface area (Å²) >= 11 is 6.10. The van der Waals surface area contributed by atoms with Crippen LogP contribution >= 0.6 is 11.6 Å². The van der Waals surface area contributed by atoms with E-state index in [1.54, 1.807) is 19.9 Å². The fraction of sp³-hybridized carbons (Fsp3) is 0.429. The number of hydrogen-bond donors (Lipinski definition) is 2. The number of benzene rings is 1. The maximum atomic E-state index is 14.3. The van der Waals surface area contributed by atoms with Gasteiger partial charge >= 0.3 is 12.1 Å². The van der Waals surface area contributed by atoms with E-state index in [0.29, 0.717) is 43.5 Å². The van der Waals surface area contributed by atoms with Crippen LogP contribution in [0.3, 0.4) is 0 Å². The number of nitrogen functional groups attached to an aromatic ring is 1. The van der Waals surface area contributed by atoms with Gasteiger partial charge in [0.25, 0.3) is 0 Å². The summed E-state index contributed by atoms with van der Waals surface area (Å²) in [6.07, 6.45) is 2.06. The SMILES string of the molecule is C#CCC(CCCc1cc(O[C@H](c2ccc(Cl)cc2-n2ccc(C)n2)C(F)(F)F)nc(N)n1)C[C@H](N)C(=O)OCC. The lowest BCUT2D eigenvalue weighted by Crippen LogP contribution is -2.34. The number of esters is 1. The highest BCUT2D eigenvalue weighted by atomic mass is 35.5. The molecule has 41 heavy (non-hydrogen) atoms. The Balaban J connectivity index is 1.79. The first-order valence-electron chi connectivity index (χ1n) is 13.0. The molecule has 1 aromatic carbocycles. The number of halogens is 4. The number of carbonyl (C=O) groups excluding carboxylic acids is 1. The van der Waals surface area contributed by atoms with Crippen LogP contribution in [0.2, 0.25) is 5.02 Å². The van der Waals surface area contributed by atoms with Gasteiger partial charge in [-0.2, -0.15) is 23.3 Å². The summed E-state index contributed by atoms with van der Waals surface area (Å²) < 4.78 is 54.7. The van der Waals surface area contributed by atoms with Crippen molar-refractivity contribution >= 4 is 23.5 Å². The predicted octanol–water partition coefficient (Wildman–Crippen LogP) is 5.13. The Morgan fingerprint density at radius 1 is 1.24 bits per heavy atom. The van der Waals surface area contributed by atoms with Crippen molar-refractivity contribution < 1.29 is 27.4 Å². The number of rotatable bonds is 13. The molecule has 3 aromatic rings. The molecule has 0 spiro atoms. The molecule has 13 heteroatoms. The molecule has 3 rings (SSSR count). The lowest BCUT2D eigenvalue weighted by Gasteiger charge is -2.24. The Bertz CT molecular complexity index is 1370. The summed E-state index contributed by atoms with van der Waals surface area (Å²) in [5.74, 6) is 1.47. The first-order chi connectivity index (χ1) is 19.4. The average molecular weight is 593 g/mol. The number of carbonyl (C=O) groups is 1. The summed E-state index contributed by atoms with van der Waals surface area (Å²) in [4.78, 5) is 19.9. The zero-order valence-corrected chi connectivity index (χ0v) is 23.5. The minimum absolute atomic E-state index is 0.0572. The number of hydrogen-bond acceptors (Lipinski definition) is 8. The lowest BCUT2D eigenvalue weighted by molar-refractivity contribution is -0.198. The molecule has 220 valence electrons. The molecule has 2 aromatic heterocycles. The number of nitrogens with two attached hydrogens (primary N) is 2. The lowest BCUT2D eigenvalue weighted by atomic mass is 9.91. The van der Waals surface area contributed by atoms with E-state index in [1.807, 2.05) is 0 Å². The van der Waals surface area contributed by atoms with Gasteiger partial charge in [-0.3, -0.25) is 4.79 Å². The zero-order chi connectivity index (χ0) is 30.2. The Kier molecular flexibility index (Phi) is 11.0. The van der Waals surface area contributed by atoms with E-state index >= 15 is 0 Å². The molecule has 4 N–H and O–H groups in total. The van der Waals surface area contributed by atoms with E-state index in [-0.39, 0.29) is 40.6 Å². The summed E-state index contributed by atoms with van der Waals surface area (Å²) in [6, 6.07) is 6.15. The molecular formula is C28H32ClF3N6O3. The van der Waals surface area contributed by atoms with Crippen molar-refractivity contribution in [2.24, 2.45) is 11.7 Å². The maximum Gasteiger partial charge on any atom is 0.429 e. The molecular weight excluding hydrogens is 561 g/mol. The molecule has 0 bridgehead atoms. The van der Waals surface area contributed by atoms with Crippen LogP contribution in [0, 0.1) is 25.2 Å². The van der Waals surface area contributed by atoms with Gasteiger partial charge in [0, 0.05) is 35.0 Å². The maximum absolute atomic E-state index is 14.3. The third-order valence-electron chi connectivity index (χ3n) is 6.18. The van der Waals surface area contributed by atoms with Gasteiger partial charge in [0.2, 0.25) is 17.9 Å². The van der Waals surface area contributed by atoms with Gasteiger partial charge in [-0.15, -0.1) is 12.3 Å². The monoisotopic (exact) mass is 592 g/mol. The van der Waals surface area contributed by atoms with Crippen LogP contribution in [0.4, 0.5) is 19.1 Å². The van der Waals surface area contributed by atoms with Gasteiger partial charge in [-0.1, -0.05) is 17.7 Å². The highest BCUT2D eigenvalue weighted by molar-refractivity contribution is 6.30. The molecule has 0 fully saturated rings. The van der Waals surface area contributed by atoms with Gasteiger partial charge in [-0.25, -0.2) is 9.67 Å². The van der Waals surface area contributed by atoms with Gasteiger partial charge in [0.05, 0.1) is 18.0 Å². The summed E-state index contributed by atoms with van der Waals surface area (Å²) in [6.45, 7) is 3.64. The molecule has 0 aliphatic carbocycles. The van der Waals surface area contributed by atoms with Crippen LogP contribution in [-0.2, 0) is 16.0 Å². The van der Waals surface area contributed by atoms with E-state index in [2.05, 4.69) is 21.0 Å². The van der Waals surface area contributed by atoms with Crippen molar-refractivity contribution in [1.29, 1.82) is 0 Å². The number of terminal acetylenes is 1. The van der Waals surface area contributed by atoms with Crippen LogP contribution in [0.1, 0.15) is 55.7 Å². The molecule has 0 aliphatic heterocycles. The fourth-order valence-electron chi connectivity index (χ4n) is 4.34. The van der Waals surface area contributed by atoms with Crippen LogP contribution in [0.15, 0.2) is 36.5 Å². The normalized spacial score (nSPS) is 13.7. The second-order valence-electron chi connectivity index (χ2n) is 9.46. The van der Waals surface area contributed by atoms with Crippen molar-refractivity contribution in [2.45, 2.75) is 64.3 Å². The first-order valence-corrected chi connectivity index (χ1v) is 13.3. The molecule has 3 atom stereocenters. The molecule has 2 heterocycles. The van der Waals surface area contributed by atoms with Crippen molar-refractivity contribution in [3.63, 3.8) is 0 Å². The molecule has 0 radical (unpaired) electrons. The van der Waals surface area contributed by atoms with Crippen LogP contribution < -0.4 is 16.2 Å². The molecule has 0 aliphatic rings.